The Bertz CT molecular complexity index is 423. The van der Waals surface area contributed by atoms with Crippen molar-refractivity contribution < 1.29 is 0 Å². The van der Waals surface area contributed by atoms with E-state index in [0.29, 0.717) is 0 Å². The van der Waals surface area contributed by atoms with E-state index in [2.05, 4.69) is 31.8 Å². The van der Waals surface area contributed by atoms with Gasteiger partial charge in [-0.1, -0.05) is 0 Å². The standard InChI is InChI=1S/C14H20BrN3/c15-13-9-12(16)3-4-14(13)18-7-5-17(6-8-18)10-11-1-2-11/h3-4,9,11H,1-2,5-8,10,16H2. The number of anilines is 2. The van der Waals surface area contributed by atoms with Gasteiger partial charge in [0.2, 0.25) is 0 Å². The first-order valence-electron chi connectivity index (χ1n) is 6.75. The van der Waals surface area contributed by atoms with Crippen molar-refractivity contribution in [2.24, 2.45) is 5.92 Å². The maximum atomic E-state index is 5.78. The molecule has 1 aromatic carbocycles. The lowest BCUT2D eigenvalue weighted by molar-refractivity contribution is 0.248. The second kappa shape index (κ2) is 5.10. The number of rotatable bonds is 3. The smallest absolute Gasteiger partial charge is 0.0513 e. The van der Waals surface area contributed by atoms with Crippen LogP contribution in [0.1, 0.15) is 12.8 Å². The van der Waals surface area contributed by atoms with E-state index in [1.165, 1.54) is 38.2 Å². The molecule has 18 heavy (non-hydrogen) atoms. The number of nitrogen functional groups attached to an aromatic ring is 1. The van der Waals surface area contributed by atoms with Crippen LogP contribution in [0.25, 0.3) is 0 Å². The highest BCUT2D eigenvalue weighted by Crippen LogP contribution is 2.31. The van der Waals surface area contributed by atoms with Crippen LogP contribution in [0, 0.1) is 5.92 Å². The Morgan fingerprint density at radius 1 is 1.17 bits per heavy atom. The second-order valence-electron chi connectivity index (χ2n) is 5.44. The van der Waals surface area contributed by atoms with Gasteiger partial charge in [-0.25, -0.2) is 0 Å². The van der Waals surface area contributed by atoms with E-state index >= 15 is 0 Å². The second-order valence-corrected chi connectivity index (χ2v) is 6.30. The summed E-state index contributed by atoms with van der Waals surface area (Å²) >= 11 is 3.61. The Labute approximate surface area is 117 Å². The summed E-state index contributed by atoms with van der Waals surface area (Å²) in [4.78, 5) is 5.06. The van der Waals surface area contributed by atoms with Crippen LogP contribution in [0.15, 0.2) is 22.7 Å². The van der Waals surface area contributed by atoms with Gasteiger partial charge in [-0.3, -0.25) is 4.90 Å². The first-order valence-corrected chi connectivity index (χ1v) is 7.54. The molecule has 0 radical (unpaired) electrons. The van der Waals surface area contributed by atoms with Gasteiger partial charge in [0.05, 0.1) is 5.69 Å². The van der Waals surface area contributed by atoms with Gasteiger partial charge < -0.3 is 10.6 Å². The minimum absolute atomic E-state index is 0.818. The summed E-state index contributed by atoms with van der Waals surface area (Å²) in [5, 5.41) is 0. The first-order chi connectivity index (χ1) is 8.72. The molecule has 2 fully saturated rings. The van der Waals surface area contributed by atoms with Crippen LogP contribution < -0.4 is 10.6 Å². The molecule has 1 aromatic rings. The number of piperazine rings is 1. The predicted octanol–water partition coefficient (Wildman–Crippen LogP) is 2.56. The van der Waals surface area contributed by atoms with E-state index in [9.17, 15) is 0 Å². The van der Waals surface area contributed by atoms with Gasteiger partial charge in [0, 0.05) is 42.9 Å². The lowest BCUT2D eigenvalue weighted by Crippen LogP contribution is -2.47. The zero-order chi connectivity index (χ0) is 12.5. The maximum absolute atomic E-state index is 5.78. The Kier molecular flexibility index (Phi) is 3.48. The van der Waals surface area contributed by atoms with Gasteiger partial charge in [-0.15, -0.1) is 0 Å². The van der Waals surface area contributed by atoms with Crippen LogP contribution in [0.3, 0.4) is 0 Å². The Balaban J connectivity index is 1.60. The largest absolute Gasteiger partial charge is 0.399 e. The molecule has 0 spiro atoms. The van der Waals surface area contributed by atoms with Crippen molar-refractivity contribution in [3.63, 3.8) is 0 Å². The van der Waals surface area contributed by atoms with Crippen LogP contribution in [-0.4, -0.2) is 37.6 Å². The third-order valence-electron chi connectivity index (χ3n) is 3.90. The first kappa shape index (κ1) is 12.3. The average molecular weight is 310 g/mol. The number of benzene rings is 1. The van der Waals surface area contributed by atoms with Crippen molar-refractivity contribution in [1.82, 2.24) is 4.90 Å². The summed E-state index contributed by atoms with van der Waals surface area (Å²) in [6.45, 7) is 5.93. The number of hydrogen-bond acceptors (Lipinski definition) is 3. The molecule has 1 heterocycles. The molecule has 0 atom stereocenters. The third-order valence-corrected chi connectivity index (χ3v) is 4.53. The highest BCUT2D eigenvalue weighted by Gasteiger charge is 2.26. The minimum Gasteiger partial charge on any atom is -0.399 e. The maximum Gasteiger partial charge on any atom is 0.0513 e. The summed E-state index contributed by atoms with van der Waals surface area (Å²) in [5.41, 5.74) is 7.88. The van der Waals surface area contributed by atoms with Crippen molar-refractivity contribution in [1.29, 1.82) is 0 Å². The van der Waals surface area contributed by atoms with Crippen molar-refractivity contribution in [3.8, 4) is 0 Å². The molecule has 0 unspecified atom stereocenters. The summed E-state index contributed by atoms with van der Waals surface area (Å²) in [7, 11) is 0. The van der Waals surface area contributed by atoms with E-state index in [-0.39, 0.29) is 0 Å². The fraction of sp³-hybridized carbons (Fsp3) is 0.571. The Morgan fingerprint density at radius 3 is 2.50 bits per heavy atom. The lowest BCUT2D eigenvalue weighted by atomic mass is 10.2. The van der Waals surface area contributed by atoms with E-state index in [4.69, 9.17) is 5.73 Å². The molecule has 1 aliphatic heterocycles. The zero-order valence-electron chi connectivity index (χ0n) is 10.6. The van der Waals surface area contributed by atoms with Crippen LogP contribution in [0.5, 0.6) is 0 Å². The van der Waals surface area contributed by atoms with Gasteiger partial charge in [-0.05, 0) is 52.9 Å². The SMILES string of the molecule is Nc1ccc(N2CCN(CC3CC3)CC2)c(Br)c1. The fourth-order valence-electron chi connectivity index (χ4n) is 2.62. The molecule has 3 nitrogen and oxygen atoms in total. The highest BCUT2D eigenvalue weighted by molar-refractivity contribution is 9.10. The monoisotopic (exact) mass is 309 g/mol. The molecule has 98 valence electrons. The summed E-state index contributed by atoms with van der Waals surface area (Å²) < 4.78 is 1.11. The third kappa shape index (κ3) is 2.81. The lowest BCUT2D eigenvalue weighted by Gasteiger charge is -2.36. The predicted molar refractivity (Wildman–Crippen MR) is 79.9 cm³/mol. The van der Waals surface area contributed by atoms with Crippen LogP contribution in [0.2, 0.25) is 0 Å². The van der Waals surface area contributed by atoms with Crippen LogP contribution in [0.4, 0.5) is 11.4 Å². The highest BCUT2D eigenvalue weighted by atomic mass is 79.9. The fourth-order valence-corrected chi connectivity index (χ4v) is 3.26. The minimum atomic E-state index is 0.818. The van der Waals surface area contributed by atoms with Crippen molar-refractivity contribution in [2.75, 3.05) is 43.4 Å². The van der Waals surface area contributed by atoms with Crippen molar-refractivity contribution in [2.45, 2.75) is 12.8 Å². The van der Waals surface area contributed by atoms with Gasteiger partial charge in [0.1, 0.15) is 0 Å². The number of halogens is 1. The Hall–Kier alpha value is -0.740. The molecular weight excluding hydrogens is 290 g/mol. The van der Waals surface area contributed by atoms with Crippen molar-refractivity contribution >= 4 is 27.3 Å². The van der Waals surface area contributed by atoms with Crippen molar-refractivity contribution in [3.05, 3.63) is 22.7 Å². The van der Waals surface area contributed by atoms with E-state index in [1.807, 2.05) is 12.1 Å². The molecule has 0 amide bonds. The van der Waals surface area contributed by atoms with Crippen LogP contribution >= 0.6 is 15.9 Å². The molecule has 1 saturated carbocycles. The molecular formula is C14H20BrN3. The molecule has 0 aromatic heterocycles. The average Bonchev–Trinajstić information content (AvgIpc) is 3.15. The summed E-state index contributed by atoms with van der Waals surface area (Å²) in [6, 6.07) is 6.10. The van der Waals surface area contributed by atoms with E-state index in [1.54, 1.807) is 0 Å². The van der Waals surface area contributed by atoms with Gasteiger partial charge in [0.25, 0.3) is 0 Å². The van der Waals surface area contributed by atoms with Gasteiger partial charge in [0.15, 0.2) is 0 Å². The molecule has 1 aliphatic carbocycles. The number of hydrogen-bond donors (Lipinski definition) is 1. The summed E-state index contributed by atoms with van der Waals surface area (Å²) in [5.74, 6) is 1.000. The zero-order valence-corrected chi connectivity index (χ0v) is 12.2. The van der Waals surface area contributed by atoms with Gasteiger partial charge in [-0.2, -0.15) is 0 Å². The van der Waals surface area contributed by atoms with E-state index < -0.39 is 0 Å². The Morgan fingerprint density at radius 2 is 1.89 bits per heavy atom. The topological polar surface area (TPSA) is 32.5 Å². The quantitative estimate of drug-likeness (QED) is 0.871. The molecule has 3 rings (SSSR count). The molecule has 4 heteroatoms. The van der Waals surface area contributed by atoms with Gasteiger partial charge >= 0.3 is 0 Å². The van der Waals surface area contributed by atoms with Crippen LogP contribution in [-0.2, 0) is 0 Å². The number of nitrogens with zero attached hydrogens (tertiary/aromatic N) is 2. The van der Waals surface area contributed by atoms with E-state index in [0.717, 1.165) is 29.2 Å². The normalized spacial score (nSPS) is 21.3. The molecule has 2 aliphatic rings. The number of nitrogens with two attached hydrogens (primary N) is 1. The molecule has 1 saturated heterocycles. The molecule has 2 N–H and O–H groups in total. The summed E-state index contributed by atoms with van der Waals surface area (Å²) in [6.07, 6.45) is 2.90. The molecule has 0 bridgehead atoms.